The average molecular weight is 575 g/mol. The summed E-state index contributed by atoms with van der Waals surface area (Å²) in [6.45, 7) is 0. The summed E-state index contributed by atoms with van der Waals surface area (Å²) >= 11 is 0. The number of aromatic nitrogens is 2. The van der Waals surface area contributed by atoms with Gasteiger partial charge in [-0.05, 0) is 71.8 Å². The molecular formula is C42H26N2O. The molecule has 0 atom stereocenters. The third-order valence-corrected chi connectivity index (χ3v) is 9.30. The van der Waals surface area contributed by atoms with Crippen LogP contribution in [0, 0.1) is 0 Å². The highest BCUT2D eigenvalue weighted by Gasteiger charge is 2.19. The van der Waals surface area contributed by atoms with Crippen molar-refractivity contribution in [3.63, 3.8) is 0 Å². The highest BCUT2D eigenvalue weighted by atomic mass is 16.3. The average Bonchev–Trinajstić information content (AvgIpc) is 3.76. The van der Waals surface area contributed by atoms with Crippen LogP contribution >= 0.6 is 0 Å². The molecule has 0 spiro atoms. The summed E-state index contributed by atoms with van der Waals surface area (Å²) in [5.74, 6) is 0. The lowest BCUT2D eigenvalue weighted by molar-refractivity contribution is 0.669. The van der Waals surface area contributed by atoms with Gasteiger partial charge in [0.15, 0.2) is 0 Å². The van der Waals surface area contributed by atoms with Gasteiger partial charge in [-0.2, -0.15) is 0 Å². The molecule has 0 aliphatic carbocycles. The van der Waals surface area contributed by atoms with E-state index < -0.39 is 0 Å². The lowest BCUT2D eigenvalue weighted by Gasteiger charge is -2.12. The van der Waals surface area contributed by atoms with E-state index >= 15 is 0 Å². The molecule has 3 heteroatoms. The second kappa shape index (κ2) is 9.22. The van der Waals surface area contributed by atoms with Crippen molar-refractivity contribution in [2.75, 3.05) is 0 Å². The standard InChI is InChI=1S/C42H26N2O/c1-5-19-35-31(15-1)32-16-2-6-20-36(32)43(35)29-13-9-11-27(25-29)28-12-10-14-30(26-28)44-37-21-7-3-17-33(37)41-38(44)23-24-40-42(41)34-18-4-8-22-39(34)45-40/h1-26H. The van der Waals surface area contributed by atoms with Crippen LogP contribution in [0.5, 0.6) is 0 Å². The largest absolute Gasteiger partial charge is 0.456 e. The van der Waals surface area contributed by atoms with Crippen molar-refractivity contribution in [1.82, 2.24) is 9.13 Å². The molecule has 0 fully saturated rings. The van der Waals surface area contributed by atoms with Gasteiger partial charge in [-0.15, -0.1) is 0 Å². The first-order chi connectivity index (χ1) is 22.3. The number of nitrogens with zero attached hydrogens (tertiary/aromatic N) is 2. The molecule has 10 aromatic rings. The van der Waals surface area contributed by atoms with Crippen LogP contribution in [0.4, 0.5) is 0 Å². The summed E-state index contributed by atoms with van der Waals surface area (Å²) in [7, 11) is 0. The van der Waals surface area contributed by atoms with Gasteiger partial charge in [-0.3, -0.25) is 0 Å². The molecular weight excluding hydrogens is 548 g/mol. The zero-order valence-electron chi connectivity index (χ0n) is 24.3. The van der Waals surface area contributed by atoms with Crippen LogP contribution in [0.1, 0.15) is 0 Å². The van der Waals surface area contributed by atoms with Crippen molar-refractivity contribution in [3.8, 4) is 22.5 Å². The summed E-state index contributed by atoms with van der Waals surface area (Å²) in [5, 5.41) is 7.32. The summed E-state index contributed by atoms with van der Waals surface area (Å²) in [6.07, 6.45) is 0. The first-order valence-corrected chi connectivity index (χ1v) is 15.4. The Hall–Kier alpha value is -6.06. The molecule has 0 saturated heterocycles. The molecule has 0 N–H and O–H groups in total. The molecule has 0 saturated carbocycles. The molecule has 0 aliphatic heterocycles. The van der Waals surface area contributed by atoms with Gasteiger partial charge in [-0.1, -0.05) is 97.1 Å². The Bertz CT molecular complexity index is 2720. The minimum Gasteiger partial charge on any atom is -0.456 e. The predicted molar refractivity (Wildman–Crippen MR) is 188 cm³/mol. The van der Waals surface area contributed by atoms with Gasteiger partial charge in [0.25, 0.3) is 0 Å². The SMILES string of the molecule is c1cc(-c2cccc(-n3c4ccccc4c4c5c(ccc43)oc3ccccc35)c2)cc(-n2c3ccccc3c3ccccc32)c1. The summed E-state index contributed by atoms with van der Waals surface area (Å²) in [6, 6.07) is 56.5. The number of hydrogen-bond acceptors (Lipinski definition) is 1. The van der Waals surface area contributed by atoms with Crippen LogP contribution < -0.4 is 0 Å². The maximum absolute atomic E-state index is 6.29. The fourth-order valence-corrected chi connectivity index (χ4v) is 7.40. The Labute approximate surface area is 258 Å². The third-order valence-electron chi connectivity index (χ3n) is 9.30. The molecule has 45 heavy (non-hydrogen) atoms. The van der Waals surface area contributed by atoms with E-state index in [9.17, 15) is 0 Å². The lowest BCUT2D eigenvalue weighted by Crippen LogP contribution is -1.96. The van der Waals surface area contributed by atoms with E-state index in [1.54, 1.807) is 0 Å². The van der Waals surface area contributed by atoms with Crippen molar-refractivity contribution in [1.29, 1.82) is 0 Å². The fraction of sp³-hybridized carbons (Fsp3) is 0. The zero-order valence-corrected chi connectivity index (χ0v) is 24.3. The van der Waals surface area contributed by atoms with Gasteiger partial charge in [-0.25, -0.2) is 0 Å². The minimum atomic E-state index is 0.918. The minimum absolute atomic E-state index is 0.918. The van der Waals surface area contributed by atoms with E-state index in [0.717, 1.165) is 27.9 Å². The first kappa shape index (κ1) is 24.4. The van der Waals surface area contributed by atoms with Crippen LogP contribution in [0.25, 0.3) is 88.1 Å². The number of fused-ring (bicyclic) bond motifs is 10. The molecule has 0 aliphatic rings. The molecule has 0 unspecified atom stereocenters. The van der Waals surface area contributed by atoms with E-state index in [0.29, 0.717) is 0 Å². The van der Waals surface area contributed by atoms with Gasteiger partial charge in [0.1, 0.15) is 11.2 Å². The summed E-state index contributed by atoms with van der Waals surface area (Å²) in [4.78, 5) is 0. The second-order valence-electron chi connectivity index (χ2n) is 11.8. The monoisotopic (exact) mass is 574 g/mol. The van der Waals surface area contributed by atoms with Crippen molar-refractivity contribution in [2.24, 2.45) is 0 Å². The Morgan fingerprint density at radius 3 is 1.49 bits per heavy atom. The smallest absolute Gasteiger partial charge is 0.136 e. The number of para-hydroxylation sites is 4. The van der Waals surface area contributed by atoms with Crippen LogP contribution in [0.2, 0.25) is 0 Å². The van der Waals surface area contributed by atoms with Crippen molar-refractivity contribution in [2.45, 2.75) is 0 Å². The Morgan fingerprint density at radius 1 is 0.333 bits per heavy atom. The molecule has 10 rings (SSSR count). The second-order valence-corrected chi connectivity index (χ2v) is 11.8. The topological polar surface area (TPSA) is 23.0 Å². The van der Waals surface area contributed by atoms with Crippen LogP contribution in [0.3, 0.4) is 0 Å². The van der Waals surface area contributed by atoms with Gasteiger partial charge < -0.3 is 13.6 Å². The van der Waals surface area contributed by atoms with Crippen LogP contribution in [-0.2, 0) is 0 Å². The van der Waals surface area contributed by atoms with E-state index in [1.807, 2.05) is 6.07 Å². The fourth-order valence-electron chi connectivity index (χ4n) is 7.40. The normalized spacial score (nSPS) is 12.0. The quantitative estimate of drug-likeness (QED) is 0.206. The van der Waals surface area contributed by atoms with Crippen LogP contribution in [0.15, 0.2) is 162 Å². The van der Waals surface area contributed by atoms with E-state index in [4.69, 9.17) is 4.42 Å². The van der Waals surface area contributed by atoms with E-state index in [2.05, 4.69) is 161 Å². The highest BCUT2D eigenvalue weighted by Crippen LogP contribution is 2.41. The maximum Gasteiger partial charge on any atom is 0.136 e. The maximum atomic E-state index is 6.29. The highest BCUT2D eigenvalue weighted by molar-refractivity contribution is 6.27. The Balaban J connectivity index is 1.18. The molecule has 3 heterocycles. The molecule has 3 aromatic heterocycles. The van der Waals surface area contributed by atoms with Gasteiger partial charge in [0.05, 0.1) is 22.1 Å². The molecule has 0 radical (unpaired) electrons. The Morgan fingerprint density at radius 2 is 0.844 bits per heavy atom. The van der Waals surface area contributed by atoms with Crippen LogP contribution in [-0.4, -0.2) is 9.13 Å². The summed E-state index contributed by atoms with van der Waals surface area (Å²) in [5.41, 5.74) is 11.3. The molecule has 0 bridgehead atoms. The van der Waals surface area contributed by atoms with E-state index in [1.165, 1.54) is 60.1 Å². The first-order valence-electron chi connectivity index (χ1n) is 15.4. The predicted octanol–water partition coefficient (Wildman–Crippen LogP) is 11.4. The molecule has 3 nitrogen and oxygen atoms in total. The van der Waals surface area contributed by atoms with Crippen molar-refractivity contribution >= 4 is 65.6 Å². The van der Waals surface area contributed by atoms with Crippen molar-refractivity contribution in [3.05, 3.63) is 158 Å². The molecule has 7 aromatic carbocycles. The van der Waals surface area contributed by atoms with Gasteiger partial charge in [0, 0.05) is 43.7 Å². The Kier molecular flexibility index (Phi) is 5.00. The van der Waals surface area contributed by atoms with Crippen molar-refractivity contribution < 1.29 is 4.42 Å². The van der Waals surface area contributed by atoms with E-state index in [-0.39, 0.29) is 0 Å². The number of hydrogen-bond donors (Lipinski definition) is 0. The molecule has 0 amide bonds. The van der Waals surface area contributed by atoms with Gasteiger partial charge >= 0.3 is 0 Å². The molecule has 210 valence electrons. The lowest BCUT2D eigenvalue weighted by atomic mass is 10.0. The third kappa shape index (κ3) is 3.46. The summed E-state index contributed by atoms with van der Waals surface area (Å²) < 4.78 is 11.1. The number of rotatable bonds is 3. The number of furan rings is 1. The zero-order chi connectivity index (χ0) is 29.5. The number of benzene rings is 7. The van der Waals surface area contributed by atoms with Gasteiger partial charge in [0.2, 0.25) is 0 Å².